The Morgan fingerprint density at radius 1 is 1.48 bits per heavy atom. The molecule has 0 radical (unpaired) electrons. The number of fused-ring (bicyclic) bond motifs is 1. The zero-order valence-corrected chi connectivity index (χ0v) is 19.5. The molecule has 1 atom stereocenters. The molecule has 3 rings (SSSR count). The fourth-order valence-electron chi connectivity index (χ4n) is 3.27. The maximum atomic E-state index is 12.7. The number of thiophene rings is 1. The summed E-state index contributed by atoms with van der Waals surface area (Å²) < 4.78 is 25.1. The summed E-state index contributed by atoms with van der Waals surface area (Å²) in [5.74, 6) is -0.640. The molecule has 2 amide bonds. The van der Waals surface area contributed by atoms with Crippen molar-refractivity contribution in [3.63, 3.8) is 0 Å². The maximum absolute atomic E-state index is 12.7. The van der Waals surface area contributed by atoms with Crippen LogP contribution in [0.4, 0.5) is 0 Å². The van der Waals surface area contributed by atoms with Gasteiger partial charge >= 0.3 is 0 Å². The van der Waals surface area contributed by atoms with Crippen molar-refractivity contribution in [3.05, 3.63) is 34.5 Å². The maximum Gasteiger partial charge on any atom is 0.272 e. The molecule has 0 spiro atoms. The number of nitrogens with one attached hydrogen (secondary N) is 1. The van der Waals surface area contributed by atoms with Crippen molar-refractivity contribution in [1.82, 2.24) is 19.8 Å². The van der Waals surface area contributed by atoms with Gasteiger partial charge in [0.1, 0.15) is 4.70 Å². The summed E-state index contributed by atoms with van der Waals surface area (Å²) >= 11 is 2.46. The van der Waals surface area contributed by atoms with E-state index >= 15 is 0 Å². The van der Waals surface area contributed by atoms with Gasteiger partial charge in [-0.1, -0.05) is 17.8 Å². The summed E-state index contributed by atoms with van der Waals surface area (Å²) in [6, 6.07) is 1.35. The van der Waals surface area contributed by atoms with E-state index in [9.17, 15) is 22.8 Å². The van der Waals surface area contributed by atoms with Gasteiger partial charge < -0.3 is 10.2 Å². The molecular formula is C19H24N4O5S3. The number of sulfone groups is 1. The van der Waals surface area contributed by atoms with Crippen LogP contribution in [0.2, 0.25) is 0 Å². The van der Waals surface area contributed by atoms with E-state index in [1.165, 1.54) is 20.8 Å². The Morgan fingerprint density at radius 2 is 2.26 bits per heavy atom. The van der Waals surface area contributed by atoms with E-state index in [1.807, 2.05) is 0 Å². The summed E-state index contributed by atoms with van der Waals surface area (Å²) in [5, 5.41) is 4.90. The monoisotopic (exact) mass is 484 g/mol. The molecule has 168 valence electrons. The van der Waals surface area contributed by atoms with Crippen LogP contribution in [0.3, 0.4) is 0 Å². The minimum absolute atomic E-state index is 0.0121. The first kappa shape index (κ1) is 23.5. The quantitative estimate of drug-likeness (QED) is 0.319. The van der Waals surface area contributed by atoms with Gasteiger partial charge in [0.15, 0.2) is 15.0 Å². The highest BCUT2D eigenvalue weighted by Crippen LogP contribution is 2.21. The van der Waals surface area contributed by atoms with Crippen molar-refractivity contribution in [3.8, 4) is 0 Å². The lowest BCUT2D eigenvalue weighted by Crippen LogP contribution is -2.45. The van der Waals surface area contributed by atoms with Gasteiger partial charge in [-0.3, -0.25) is 19.0 Å². The lowest BCUT2D eigenvalue weighted by Gasteiger charge is -2.21. The van der Waals surface area contributed by atoms with Crippen molar-refractivity contribution in [1.29, 1.82) is 0 Å². The van der Waals surface area contributed by atoms with Crippen LogP contribution in [-0.4, -0.2) is 71.1 Å². The van der Waals surface area contributed by atoms with E-state index in [0.717, 1.165) is 11.8 Å². The van der Waals surface area contributed by atoms with Gasteiger partial charge in [-0.25, -0.2) is 13.4 Å². The Labute approximate surface area is 188 Å². The highest BCUT2D eigenvalue weighted by Gasteiger charge is 2.29. The van der Waals surface area contributed by atoms with Gasteiger partial charge in [0.25, 0.3) is 5.56 Å². The Morgan fingerprint density at radius 3 is 2.90 bits per heavy atom. The van der Waals surface area contributed by atoms with E-state index in [0.29, 0.717) is 28.3 Å². The van der Waals surface area contributed by atoms with Crippen molar-refractivity contribution in [2.45, 2.75) is 31.1 Å². The van der Waals surface area contributed by atoms with Crippen molar-refractivity contribution >= 4 is 55.0 Å². The van der Waals surface area contributed by atoms with Gasteiger partial charge in [0, 0.05) is 19.1 Å². The molecule has 1 saturated heterocycles. The van der Waals surface area contributed by atoms with Crippen LogP contribution in [0, 0.1) is 0 Å². The first-order valence-corrected chi connectivity index (χ1v) is 13.4. The first-order chi connectivity index (χ1) is 14.7. The van der Waals surface area contributed by atoms with Crippen LogP contribution in [0.5, 0.6) is 0 Å². The van der Waals surface area contributed by atoms with Crippen LogP contribution in [0.25, 0.3) is 10.2 Å². The third-order valence-electron chi connectivity index (χ3n) is 4.83. The smallest absolute Gasteiger partial charge is 0.272 e. The number of aromatic nitrogens is 2. The fraction of sp³-hybridized carbons (Fsp3) is 0.474. The summed E-state index contributed by atoms with van der Waals surface area (Å²) in [6.45, 7) is 5.89. The van der Waals surface area contributed by atoms with Crippen LogP contribution in [0.15, 0.2) is 34.1 Å². The average molecular weight is 485 g/mol. The molecule has 0 aliphatic carbocycles. The van der Waals surface area contributed by atoms with E-state index in [4.69, 9.17) is 0 Å². The van der Waals surface area contributed by atoms with Gasteiger partial charge in [0.2, 0.25) is 11.8 Å². The Kier molecular flexibility index (Phi) is 7.55. The average Bonchev–Trinajstić information content (AvgIpc) is 3.32. The molecule has 1 fully saturated rings. The number of thioether (sulfide) groups is 1. The number of hydrogen-bond donors (Lipinski definition) is 1. The number of nitrogens with zero attached hydrogens (tertiary/aromatic N) is 3. The first-order valence-electron chi connectivity index (χ1n) is 9.73. The molecule has 1 aliphatic heterocycles. The molecule has 2 aromatic heterocycles. The number of carbonyl (C=O) groups is 2. The summed E-state index contributed by atoms with van der Waals surface area (Å²) in [4.78, 5) is 43.5. The second kappa shape index (κ2) is 9.96. The molecule has 0 unspecified atom stereocenters. The number of carbonyl (C=O) groups excluding carboxylic acids is 2. The largest absolute Gasteiger partial charge is 0.351 e. The molecule has 12 heteroatoms. The van der Waals surface area contributed by atoms with Crippen LogP contribution >= 0.6 is 23.1 Å². The minimum Gasteiger partial charge on any atom is -0.351 e. The minimum atomic E-state index is -3.09. The van der Waals surface area contributed by atoms with E-state index in [1.54, 1.807) is 24.4 Å². The van der Waals surface area contributed by atoms with Gasteiger partial charge in [0.05, 0.1) is 29.3 Å². The van der Waals surface area contributed by atoms with Gasteiger partial charge in [-0.15, -0.1) is 17.9 Å². The second-order valence-corrected chi connectivity index (χ2v) is 11.2. The second-order valence-electron chi connectivity index (χ2n) is 7.10. The molecule has 0 aromatic carbocycles. The molecule has 31 heavy (non-hydrogen) atoms. The van der Waals surface area contributed by atoms with Crippen LogP contribution < -0.4 is 10.9 Å². The van der Waals surface area contributed by atoms with E-state index in [-0.39, 0.29) is 47.7 Å². The molecule has 0 saturated carbocycles. The van der Waals surface area contributed by atoms with E-state index in [2.05, 4.69) is 16.9 Å². The number of amides is 2. The zero-order valence-electron chi connectivity index (χ0n) is 17.1. The molecule has 2 aromatic rings. The standard InChI is InChI=1S/C19H24N4O5S3/c1-3-7-23-18(26)17-14(5-8-29-17)21-19(23)30-11-16(25)22(4-2)10-15(24)20-13-6-9-31(27,28)12-13/h3,5,8,13H,1,4,6-7,9-12H2,2H3,(H,20,24)/t13-/m0/s1. The SMILES string of the molecule is C=CCn1c(SCC(=O)N(CC)CC(=O)N[C@H]2CCS(=O)(=O)C2)nc2ccsc2c1=O. The highest BCUT2D eigenvalue weighted by atomic mass is 32.2. The third-order valence-corrected chi connectivity index (χ3v) is 8.45. The molecule has 3 heterocycles. The highest BCUT2D eigenvalue weighted by molar-refractivity contribution is 7.99. The molecule has 9 nitrogen and oxygen atoms in total. The molecular weight excluding hydrogens is 460 g/mol. The van der Waals surface area contributed by atoms with Crippen LogP contribution in [-0.2, 0) is 26.0 Å². The summed E-state index contributed by atoms with van der Waals surface area (Å²) in [7, 11) is -3.09. The Balaban J connectivity index is 1.63. The van der Waals surface area contributed by atoms with Crippen LogP contribution in [0.1, 0.15) is 13.3 Å². The zero-order chi connectivity index (χ0) is 22.6. The topological polar surface area (TPSA) is 118 Å². The fourth-order valence-corrected chi connectivity index (χ4v) is 6.64. The molecule has 0 bridgehead atoms. The summed E-state index contributed by atoms with van der Waals surface area (Å²) in [6.07, 6.45) is 1.99. The van der Waals surface area contributed by atoms with E-state index < -0.39 is 15.9 Å². The van der Waals surface area contributed by atoms with Gasteiger partial charge in [-0.05, 0) is 24.8 Å². The lowest BCUT2D eigenvalue weighted by molar-refractivity contribution is -0.134. The van der Waals surface area contributed by atoms with Gasteiger partial charge in [-0.2, -0.15) is 0 Å². The Bertz CT molecular complexity index is 1150. The number of likely N-dealkylation sites (N-methyl/N-ethyl adjacent to an activating group) is 1. The normalized spacial score (nSPS) is 17.5. The lowest BCUT2D eigenvalue weighted by atomic mass is 10.2. The Hall–Kier alpha value is -2.18. The predicted molar refractivity (Wildman–Crippen MR) is 122 cm³/mol. The third kappa shape index (κ3) is 5.74. The van der Waals surface area contributed by atoms with Crippen molar-refractivity contribution in [2.75, 3.05) is 30.3 Å². The number of allylic oxidation sites excluding steroid dienone is 1. The molecule has 1 aliphatic rings. The van der Waals surface area contributed by atoms with Crippen molar-refractivity contribution in [2.24, 2.45) is 0 Å². The predicted octanol–water partition coefficient (Wildman–Crippen LogP) is 0.888. The summed E-state index contributed by atoms with van der Waals surface area (Å²) in [5.41, 5.74) is 0.414. The number of rotatable bonds is 9. The molecule has 1 N–H and O–H groups in total. The van der Waals surface area contributed by atoms with Crippen molar-refractivity contribution < 1.29 is 18.0 Å². The number of hydrogen-bond acceptors (Lipinski definition) is 8.